The number of nitrogens with one attached hydrogen (secondary N) is 2. The van der Waals surface area contributed by atoms with Crippen LogP contribution in [0.2, 0.25) is 0 Å². The van der Waals surface area contributed by atoms with E-state index in [4.69, 9.17) is 17.0 Å². The third-order valence-corrected chi connectivity index (χ3v) is 6.15. The Balaban J connectivity index is 1.32. The quantitative estimate of drug-likeness (QED) is 0.335. The second kappa shape index (κ2) is 6.67. The number of phenolic OH excluding ortho intramolecular Hbond substituents is 1. The molecule has 2 saturated carbocycles. The normalized spacial score (nSPS) is 32.1. The minimum absolute atomic E-state index is 0.0709. The zero-order valence-corrected chi connectivity index (χ0v) is 15.0. The highest BCUT2D eigenvalue weighted by Crippen LogP contribution is 2.56. The summed E-state index contributed by atoms with van der Waals surface area (Å²) in [7, 11) is 1.52. The van der Waals surface area contributed by atoms with Gasteiger partial charge in [-0.3, -0.25) is 5.43 Å². The average Bonchev–Trinajstić information content (AvgIpc) is 3.29. The molecule has 2 bridgehead atoms. The number of para-hydroxylation sites is 1. The molecule has 4 rings (SSSR count). The van der Waals surface area contributed by atoms with E-state index < -0.39 is 0 Å². The lowest BCUT2D eigenvalue weighted by Crippen LogP contribution is -2.45. The number of thiocarbonyl (C=S) groups is 1. The van der Waals surface area contributed by atoms with Crippen molar-refractivity contribution in [3.63, 3.8) is 0 Å². The van der Waals surface area contributed by atoms with E-state index >= 15 is 0 Å². The van der Waals surface area contributed by atoms with Gasteiger partial charge in [0.05, 0.1) is 13.3 Å². The minimum atomic E-state index is 0.0709. The summed E-state index contributed by atoms with van der Waals surface area (Å²) in [6, 6.07) is 5.71. The van der Waals surface area contributed by atoms with Crippen LogP contribution in [0.15, 0.2) is 35.5 Å². The second-order valence-electron chi connectivity index (χ2n) is 7.15. The largest absolute Gasteiger partial charge is 0.504 e. The summed E-state index contributed by atoms with van der Waals surface area (Å²) >= 11 is 5.38. The summed E-state index contributed by atoms with van der Waals surface area (Å²) in [5.74, 6) is 3.63. The summed E-state index contributed by atoms with van der Waals surface area (Å²) in [5.41, 5.74) is 3.44. The van der Waals surface area contributed by atoms with Crippen LogP contribution in [-0.4, -0.2) is 29.6 Å². The number of nitrogens with zero attached hydrogens (tertiary/aromatic N) is 1. The van der Waals surface area contributed by atoms with Gasteiger partial charge in [-0.15, -0.1) is 0 Å². The Morgan fingerprint density at radius 2 is 2.24 bits per heavy atom. The summed E-state index contributed by atoms with van der Waals surface area (Å²) in [6.45, 7) is 0. The molecule has 0 spiro atoms. The molecule has 0 radical (unpaired) electrons. The molecule has 3 N–H and O–H groups in total. The van der Waals surface area contributed by atoms with E-state index in [0.717, 1.165) is 17.8 Å². The van der Waals surface area contributed by atoms with Crippen LogP contribution >= 0.6 is 12.2 Å². The predicted molar refractivity (Wildman–Crippen MR) is 102 cm³/mol. The molecule has 1 aromatic carbocycles. The van der Waals surface area contributed by atoms with E-state index in [1.807, 2.05) is 0 Å². The smallest absolute Gasteiger partial charge is 0.187 e. The van der Waals surface area contributed by atoms with Gasteiger partial charge in [-0.1, -0.05) is 18.2 Å². The van der Waals surface area contributed by atoms with Crippen molar-refractivity contribution in [2.45, 2.75) is 25.3 Å². The number of rotatable bonds is 4. The van der Waals surface area contributed by atoms with E-state index in [2.05, 4.69) is 28.0 Å². The van der Waals surface area contributed by atoms with Crippen molar-refractivity contribution in [2.75, 3.05) is 7.11 Å². The lowest BCUT2D eigenvalue weighted by molar-refractivity contribution is 0.246. The molecular formula is C19H23N3O2S. The van der Waals surface area contributed by atoms with Gasteiger partial charge in [-0.25, -0.2) is 0 Å². The molecule has 3 aliphatic rings. The van der Waals surface area contributed by atoms with Gasteiger partial charge in [0.15, 0.2) is 16.6 Å². The molecule has 5 nitrogen and oxygen atoms in total. The zero-order chi connectivity index (χ0) is 17.4. The van der Waals surface area contributed by atoms with Crippen LogP contribution in [0.4, 0.5) is 0 Å². The highest BCUT2D eigenvalue weighted by atomic mass is 32.1. The Hall–Kier alpha value is -2.08. The third-order valence-electron chi connectivity index (χ3n) is 5.95. The monoisotopic (exact) mass is 357 g/mol. The number of hydrogen-bond acceptors (Lipinski definition) is 4. The SMILES string of the molecule is COc1cccc(/C=N\NC(=S)N[C@@H]2C[C@H]3C[C@H]2[C@H]2C=CC[C@@H]32)c1O. The van der Waals surface area contributed by atoms with Gasteiger partial charge in [-0.2, -0.15) is 5.10 Å². The summed E-state index contributed by atoms with van der Waals surface area (Å²) in [4.78, 5) is 0. The molecule has 0 heterocycles. The number of hydrazone groups is 1. The number of aromatic hydroxyl groups is 1. The van der Waals surface area contributed by atoms with Crippen molar-refractivity contribution >= 4 is 23.5 Å². The van der Waals surface area contributed by atoms with Crippen LogP contribution in [0.3, 0.4) is 0 Å². The topological polar surface area (TPSA) is 65.9 Å². The molecule has 2 fully saturated rings. The van der Waals surface area contributed by atoms with E-state index in [0.29, 0.717) is 28.4 Å². The van der Waals surface area contributed by atoms with Crippen LogP contribution in [0.25, 0.3) is 0 Å². The second-order valence-corrected chi connectivity index (χ2v) is 7.56. The molecular weight excluding hydrogens is 334 g/mol. The van der Waals surface area contributed by atoms with Gasteiger partial charge in [0.2, 0.25) is 0 Å². The molecule has 1 aromatic rings. The zero-order valence-electron chi connectivity index (χ0n) is 14.2. The van der Waals surface area contributed by atoms with E-state index in [-0.39, 0.29) is 5.75 Å². The highest BCUT2D eigenvalue weighted by Gasteiger charge is 2.52. The molecule has 0 unspecified atom stereocenters. The molecule has 25 heavy (non-hydrogen) atoms. The number of benzene rings is 1. The van der Waals surface area contributed by atoms with E-state index in [1.165, 1.54) is 26.4 Å². The maximum atomic E-state index is 10.0. The van der Waals surface area contributed by atoms with Gasteiger partial charge in [0.1, 0.15) is 0 Å². The van der Waals surface area contributed by atoms with Crippen LogP contribution in [0.5, 0.6) is 11.5 Å². The number of hydrogen-bond donors (Lipinski definition) is 3. The maximum absolute atomic E-state index is 10.0. The van der Waals surface area contributed by atoms with Crippen molar-refractivity contribution < 1.29 is 9.84 Å². The fourth-order valence-electron chi connectivity index (χ4n) is 4.88. The maximum Gasteiger partial charge on any atom is 0.187 e. The summed E-state index contributed by atoms with van der Waals surface area (Å²) in [6.07, 6.45) is 10.1. The Morgan fingerprint density at radius 1 is 1.36 bits per heavy atom. The minimum Gasteiger partial charge on any atom is -0.504 e. The first-order valence-electron chi connectivity index (χ1n) is 8.79. The van der Waals surface area contributed by atoms with E-state index in [9.17, 15) is 5.11 Å². The van der Waals surface area contributed by atoms with Crippen molar-refractivity contribution in [3.05, 3.63) is 35.9 Å². The molecule has 5 atom stereocenters. The predicted octanol–water partition coefficient (Wildman–Crippen LogP) is 2.80. The van der Waals surface area contributed by atoms with E-state index in [1.54, 1.807) is 24.4 Å². The molecule has 0 amide bonds. The van der Waals surface area contributed by atoms with Gasteiger partial charge in [0, 0.05) is 11.6 Å². The Labute approximate surface area is 153 Å². The van der Waals surface area contributed by atoms with Gasteiger partial charge in [-0.05, 0) is 67.3 Å². The fourth-order valence-corrected chi connectivity index (χ4v) is 5.08. The van der Waals surface area contributed by atoms with Crippen LogP contribution in [-0.2, 0) is 0 Å². The van der Waals surface area contributed by atoms with Crippen molar-refractivity contribution in [2.24, 2.45) is 28.8 Å². The fraction of sp³-hybridized carbons (Fsp3) is 0.474. The molecule has 0 aromatic heterocycles. The van der Waals surface area contributed by atoms with Crippen molar-refractivity contribution in [3.8, 4) is 11.5 Å². The molecule has 0 saturated heterocycles. The number of allylic oxidation sites excluding steroid dienone is 2. The number of fused-ring (bicyclic) bond motifs is 5. The Kier molecular flexibility index (Phi) is 4.37. The number of ether oxygens (including phenoxy) is 1. The van der Waals surface area contributed by atoms with Gasteiger partial charge >= 0.3 is 0 Å². The van der Waals surface area contributed by atoms with Gasteiger partial charge in [0.25, 0.3) is 0 Å². The molecule has 6 heteroatoms. The van der Waals surface area contributed by atoms with Crippen LogP contribution in [0, 0.1) is 23.7 Å². The summed E-state index contributed by atoms with van der Waals surface area (Å²) in [5, 5.41) is 18.2. The molecule has 3 aliphatic carbocycles. The Morgan fingerprint density at radius 3 is 3.08 bits per heavy atom. The van der Waals surface area contributed by atoms with Crippen LogP contribution in [0.1, 0.15) is 24.8 Å². The first-order chi connectivity index (χ1) is 12.2. The van der Waals surface area contributed by atoms with Crippen LogP contribution < -0.4 is 15.5 Å². The van der Waals surface area contributed by atoms with Crippen molar-refractivity contribution in [1.82, 2.24) is 10.7 Å². The van der Waals surface area contributed by atoms with Crippen molar-refractivity contribution in [1.29, 1.82) is 0 Å². The molecule has 132 valence electrons. The third kappa shape index (κ3) is 2.99. The Bertz CT molecular complexity index is 733. The number of phenols is 1. The first kappa shape index (κ1) is 16.4. The standard InChI is InChI=1S/C19H23N3O2S/c1-24-17-7-2-4-11(18(17)23)10-20-22-19(25)21-16-9-12-8-15(16)14-6-3-5-13(12)14/h2-4,6-7,10,12-16,23H,5,8-9H2,1H3,(H2,21,22,25)/b20-10-/t12-,13+,14+,15+,16-/m1/s1. The lowest BCUT2D eigenvalue weighted by Gasteiger charge is -2.32. The molecule has 0 aliphatic heterocycles. The first-order valence-corrected chi connectivity index (χ1v) is 9.20. The van der Waals surface area contributed by atoms with Gasteiger partial charge < -0.3 is 15.2 Å². The summed E-state index contributed by atoms with van der Waals surface area (Å²) < 4.78 is 5.09. The lowest BCUT2D eigenvalue weighted by atomic mass is 9.79. The number of methoxy groups -OCH3 is 1. The average molecular weight is 357 g/mol. The highest BCUT2D eigenvalue weighted by molar-refractivity contribution is 7.80.